The van der Waals surface area contributed by atoms with E-state index >= 15 is 0 Å². The molecular formula is C20H20O5. The largest absolute Gasteiger partial charge is 0.472 e. The molecular weight excluding hydrogens is 320 g/mol. The fraction of sp³-hybridized carbons (Fsp3) is 0.500. The minimum absolute atomic E-state index is 0.0532. The van der Waals surface area contributed by atoms with Gasteiger partial charge in [0, 0.05) is 16.6 Å². The first-order valence-electron chi connectivity index (χ1n) is 8.77. The van der Waals surface area contributed by atoms with E-state index in [-0.39, 0.29) is 46.8 Å². The molecule has 1 aromatic heterocycles. The van der Waals surface area contributed by atoms with Crippen LogP contribution < -0.4 is 0 Å². The van der Waals surface area contributed by atoms with Gasteiger partial charge >= 0.3 is 11.9 Å². The summed E-state index contributed by atoms with van der Waals surface area (Å²) >= 11 is 0. The number of hydrogen-bond donors (Lipinski definition) is 0. The van der Waals surface area contributed by atoms with Crippen molar-refractivity contribution >= 4 is 11.9 Å². The Kier molecular flexibility index (Phi) is 2.79. The van der Waals surface area contributed by atoms with Gasteiger partial charge in [-0.3, -0.25) is 4.79 Å². The van der Waals surface area contributed by atoms with Crippen LogP contribution in [-0.4, -0.2) is 18.0 Å². The molecule has 6 atom stereocenters. The average Bonchev–Trinajstić information content (AvgIpc) is 3.17. The molecule has 5 nitrogen and oxygen atoms in total. The molecule has 2 aliphatic carbocycles. The van der Waals surface area contributed by atoms with Gasteiger partial charge in [-0.05, 0) is 30.2 Å². The Bertz CT molecular complexity index is 819. The van der Waals surface area contributed by atoms with E-state index in [1.54, 1.807) is 12.5 Å². The number of furan rings is 1. The third-order valence-corrected chi connectivity index (χ3v) is 6.97. The van der Waals surface area contributed by atoms with Crippen molar-refractivity contribution in [1.29, 1.82) is 0 Å². The van der Waals surface area contributed by atoms with Crippen molar-refractivity contribution in [3.63, 3.8) is 0 Å². The topological polar surface area (TPSA) is 65.7 Å². The van der Waals surface area contributed by atoms with E-state index in [1.165, 1.54) is 0 Å². The van der Waals surface area contributed by atoms with Gasteiger partial charge in [0.2, 0.25) is 0 Å². The Morgan fingerprint density at radius 2 is 2.04 bits per heavy atom. The van der Waals surface area contributed by atoms with Crippen LogP contribution in [0.2, 0.25) is 0 Å². The van der Waals surface area contributed by atoms with Crippen molar-refractivity contribution in [1.82, 2.24) is 0 Å². The highest BCUT2D eigenvalue weighted by atomic mass is 16.6. The first kappa shape index (κ1) is 15.0. The minimum Gasteiger partial charge on any atom is -0.472 e. The standard InChI is InChI=1S/C20H20O5/c1-19-9-14(11-6-7-23-10-11)24-18(22)13(19)8-16-20(2)12(17(21)25-16)4-3-5-15(19)20/h3-7,10,13-16H,8-9H2,1-2H3/t13-,14-,15+,16-,19-,20+/m0/s1. The molecule has 130 valence electrons. The average molecular weight is 340 g/mol. The van der Waals surface area contributed by atoms with Crippen LogP contribution in [-0.2, 0) is 19.1 Å². The summed E-state index contributed by atoms with van der Waals surface area (Å²) in [4.78, 5) is 25.2. The lowest BCUT2D eigenvalue weighted by Crippen LogP contribution is -2.58. The Balaban J connectivity index is 1.61. The zero-order valence-corrected chi connectivity index (χ0v) is 14.2. The first-order chi connectivity index (χ1) is 11.9. The number of rotatable bonds is 1. The molecule has 0 amide bonds. The minimum atomic E-state index is -0.379. The van der Waals surface area contributed by atoms with E-state index in [0.29, 0.717) is 12.8 Å². The lowest BCUT2D eigenvalue weighted by molar-refractivity contribution is -0.195. The van der Waals surface area contributed by atoms with E-state index in [1.807, 2.05) is 18.2 Å². The van der Waals surface area contributed by atoms with E-state index in [4.69, 9.17) is 13.9 Å². The summed E-state index contributed by atoms with van der Waals surface area (Å²) < 4.78 is 16.6. The molecule has 3 fully saturated rings. The number of hydrogen-bond acceptors (Lipinski definition) is 5. The second kappa shape index (κ2) is 4.65. The number of esters is 2. The number of carbonyl (C=O) groups is 2. The summed E-state index contributed by atoms with van der Waals surface area (Å²) in [7, 11) is 0. The van der Waals surface area contributed by atoms with Crippen LogP contribution in [0.25, 0.3) is 0 Å². The first-order valence-corrected chi connectivity index (χ1v) is 8.77. The summed E-state index contributed by atoms with van der Waals surface area (Å²) in [5.74, 6) is -0.663. The van der Waals surface area contributed by atoms with Gasteiger partial charge < -0.3 is 13.9 Å². The van der Waals surface area contributed by atoms with Crippen LogP contribution in [0.5, 0.6) is 0 Å². The molecule has 0 radical (unpaired) electrons. The monoisotopic (exact) mass is 340 g/mol. The summed E-state index contributed by atoms with van der Waals surface area (Å²) in [5.41, 5.74) is 0.945. The van der Waals surface area contributed by atoms with Crippen LogP contribution in [0.4, 0.5) is 0 Å². The lowest BCUT2D eigenvalue weighted by Gasteiger charge is -2.57. The van der Waals surface area contributed by atoms with Gasteiger partial charge in [0.25, 0.3) is 0 Å². The molecule has 0 unspecified atom stereocenters. The SMILES string of the molecule is C[C@]12C[C@@H](c3ccoc3)OC(=O)[C@@H]1C[C@@H]1OC(=O)C3=CC=C[C@H]2[C@@]31C. The smallest absolute Gasteiger partial charge is 0.335 e. The number of ether oxygens (including phenoxy) is 2. The van der Waals surface area contributed by atoms with Crippen LogP contribution in [0.3, 0.4) is 0 Å². The molecule has 2 aliphatic heterocycles. The molecule has 1 saturated carbocycles. The fourth-order valence-corrected chi connectivity index (χ4v) is 5.63. The van der Waals surface area contributed by atoms with Gasteiger partial charge in [0.15, 0.2) is 0 Å². The molecule has 0 spiro atoms. The molecule has 5 rings (SSSR count). The zero-order valence-electron chi connectivity index (χ0n) is 14.2. The van der Waals surface area contributed by atoms with Gasteiger partial charge in [0.05, 0.1) is 18.4 Å². The highest BCUT2D eigenvalue weighted by molar-refractivity contribution is 5.94. The Morgan fingerprint density at radius 3 is 2.80 bits per heavy atom. The second-order valence-corrected chi connectivity index (χ2v) is 8.10. The Labute approximate surface area is 145 Å². The van der Waals surface area contributed by atoms with Crippen molar-refractivity contribution in [3.8, 4) is 0 Å². The van der Waals surface area contributed by atoms with Crippen LogP contribution in [0.1, 0.15) is 38.4 Å². The summed E-state index contributed by atoms with van der Waals surface area (Å²) in [6.45, 7) is 4.27. The van der Waals surface area contributed by atoms with Crippen LogP contribution in [0.15, 0.2) is 46.8 Å². The van der Waals surface area contributed by atoms with E-state index in [2.05, 4.69) is 19.9 Å². The van der Waals surface area contributed by atoms with Crippen molar-refractivity contribution in [3.05, 3.63) is 48.0 Å². The maximum Gasteiger partial charge on any atom is 0.335 e. The van der Waals surface area contributed by atoms with Gasteiger partial charge in [-0.15, -0.1) is 0 Å². The molecule has 25 heavy (non-hydrogen) atoms. The van der Waals surface area contributed by atoms with Gasteiger partial charge in [-0.1, -0.05) is 32.1 Å². The predicted molar refractivity (Wildman–Crippen MR) is 87.1 cm³/mol. The van der Waals surface area contributed by atoms with Crippen molar-refractivity contribution in [2.24, 2.45) is 22.7 Å². The molecule has 2 saturated heterocycles. The van der Waals surface area contributed by atoms with Crippen molar-refractivity contribution in [2.75, 3.05) is 0 Å². The maximum atomic E-state index is 12.8. The van der Waals surface area contributed by atoms with Gasteiger partial charge in [0.1, 0.15) is 12.2 Å². The lowest BCUT2D eigenvalue weighted by atomic mass is 9.46. The molecule has 0 N–H and O–H groups in total. The van der Waals surface area contributed by atoms with E-state index in [0.717, 1.165) is 11.1 Å². The number of cyclic esters (lactones) is 1. The molecule has 4 aliphatic rings. The molecule has 5 heteroatoms. The normalized spacial score (nSPS) is 44.5. The van der Waals surface area contributed by atoms with Gasteiger partial charge in [-0.2, -0.15) is 0 Å². The molecule has 3 heterocycles. The second-order valence-electron chi connectivity index (χ2n) is 8.10. The fourth-order valence-electron chi connectivity index (χ4n) is 5.63. The van der Waals surface area contributed by atoms with E-state index in [9.17, 15) is 9.59 Å². The highest BCUT2D eigenvalue weighted by Gasteiger charge is 2.67. The van der Waals surface area contributed by atoms with Crippen molar-refractivity contribution in [2.45, 2.75) is 38.9 Å². The van der Waals surface area contributed by atoms with Crippen LogP contribution in [0, 0.1) is 22.7 Å². The predicted octanol–water partition coefficient (Wildman–Crippen LogP) is 3.34. The quantitative estimate of drug-likeness (QED) is 0.734. The van der Waals surface area contributed by atoms with E-state index < -0.39 is 0 Å². The van der Waals surface area contributed by atoms with Crippen molar-refractivity contribution < 1.29 is 23.5 Å². The van der Waals surface area contributed by atoms with Gasteiger partial charge in [-0.25, -0.2) is 4.79 Å². The maximum absolute atomic E-state index is 12.8. The molecule has 0 bridgehead atoms. The third-order valence-electron chi connectivity index (χ3n) is 6.97. The molecule has 1 aromatic rings. The third kappa shape index (κ3) is 1.73. The summed E-state index contributed by atoms with van der Waals surface area (Å²) in [6, 6.07) is 1.85. The zero-order chi connectivity index (χ0) is 17.4. The number of carbonyl (C=O) groups excluding carboxylic acids is 2. The van der Waals surface area contributed by atoms with Crippen LogP contribution >= 0.6 is 0 Å². The number of allylic oxidation sites excluding steroid dienone is 3. The molecule has 0 aromatic carbocycles. The summed E-state index contributed by atoms with van der Waals surface area (Å²) in [6.07, 6.45) is 9.85. The summed E-state index contributed by atoms with van der Waals surface area (Å²) in [5, 5.41) is 0. The highest BCUT2D eigenvalue weighted by Crippen LogP contribution is 2.66. The Morgan fingerprint density at radius 1 is 1.20 bits per heavy atom. The Hall–Kier alpha value is -2.30. The number of fused-ring (bicyclic) bond motifs is 2.